The zero-order chi connectivity index (χ0) is 15.6. The van der Waals surface area contributed by atoms with Crippen molar-refractivity contribution in [2.45, 2.75) is 12.7 Å². The van der Waals surface area contributed by atoms with E-state index in [9.17, 15) is 13.2 Å². The van der Waals surface area contributed by atoms with Gasteiger partial charge in [-0.1, -0.05) is 12.1 Å². The summed E-state index contributed by atoms with van der Waals surface area (Å²) in [5.74, 6) is 0.746. The van der Waals surface area contributed by atoms with E-state index >= 15 is 0 Å². The highest BCUT2D eigenvalue weighted by Crippen LogP contribution is 2.34. The summed E-state index contributed by atoms with van der Waals surface area (Å²) in [6.45, 7) is 0.268. The van der Waals surface area contributed by atoms with Crippen molar-refractivity contribution < 1.29 is 13.2 Å². The Hall–Kier alpha value is -2.18. The lowest BCUT2D eigenvalue weighted by Crippen LogP contribution is -2.16. The molecule has 7 heteroatoms. The largest absolute Gasteiger partial charge is 0.418 e. The number of alkyl halides is 3. The van der Waals surface area contributed by atoms with Crippen LogP contribution >= 0.6 is 0 Å². The molecule has 0 aliphatic rings. The number of anilines is 2. The van der Waals surface area contributed by atoms with Crippen LogP contribution in [-0.2, 0) is 19.8 Å². The van der Waals surface area contributed by atoms with E-state index in [1.807, 2.05) is 30.6 Å². The lowest BCUT2D eigenvalue weighted by Gasteiger charge is -2.15. The number of rotatable bonds is 4. The van der Waals surface area contributed by atoms with E-state index < -0.39 is 11.7 Å². The normalized spacial score (nSPS) is 11.5. The van der Waals surface area contributed by atoms with Crippen LogP contribution in [0.4, 0.5) is 24.8 Å². The molecule has 0 amide bonds. The molecule has 0 atom stereocenters. The molecule has 0 saturated carbocycles. The Morgan fingerprint density at radius 2 is 1.90 bits per heavy atom. The number of para-hydroxylation sites is 1. The molecule has 1 aromatic heterocycles. The number of nitrogens with zero attached hydrogens (tertiary/aromatic N) is 3. The summed E-state index contributed by atoms with van der Waals surface area (Å²) in [4.78, 5) is 6.07. The number of hydrogen-bond acceptors (Lipinski definition) is 3. The summed E-state index contributed by atoms with van der Waals surface area (Å²) in [5.41, 5.74) is 0.202. The Kier molecular flexibility index (Phi) is 4.11. The van der Waals surface area contributed by atoms with E-state index in [1.165, 1.54) is 12.1 Å². The molecule has 0 saturated heterocycles. The van der Waals surface area contributed by atoms with Gasteiger partial charge in [0.15, 0.2) is 0 Å². The minimum atomic E-state index is -4.37. The van der Waals surface area contributed by atoms with Crippen LogP contribution in [0.2, 0.25) is 0 Å². The van der Waals surface area contributed by atoms with Crippen LogP contribution in [0.5, 0.6) is 0 Å². The van der Waals surface area contributed by atoms with Gasteiger partial charge in [-0.25, -0.2) is 4.98 Å². The fraction of sp³-hybridized carbons (Fsp3) is 0.357. The maximum Gasteiger partial charge on any atom is 0.418 e. The molecule has 1 aromatic carbocycles. The van der Waals surface area contributed by atoms with Gasteiger partial charge in [0, 0.05) is 26.8 Å². The van der Waals surface area contributed by atoms with Gasteiger partial charge >= 0.3 is 6.18 Å². The van der Waals surface area contributed by atoms with Crippen molar-refractivity contribution in [1.29, 1.82) is 0 Å². The lowest BCUT2D eigenvalue weighted by atomic mass is 10.1. The van der Waals surface area contributed by atoms with Gasteiger partial charge in [-0.05, 0) is 12.1 Å². The minimum Gasteiger partial charge on any atom is -0.379 e. The molecule has 21 heavy (non-hydrogen) atoms. The number of hydrogen-bond donors (Lipinski definition) is 1. The van der Waals surface area contributed by atoms with Gasteiger partial charge in [-0.2, -0.15) is 13.2 Å². The van der Waals surface area contributed by atoms with Crippen LogP contribution in [0.15, 0.2) is 30.5 Å². The second-order valence-corrected chi connectivity index (χ2v) is 4.90. The quantitative estimate of drug-likeness (QED) is 0.941. The van der Waals surface area contributed by atoms with Crippen molar-refractivity contribution in [1.82, 2.24) is 9.55 Å². The van der Waals surface area contributed by atoms with Crippen molar-refractivity contribution in [3.8, 4) is 0 Å². The van der Waals surface area contributed by atoms with E-state index in [4.69, 9.17) is 0 Å². The van der Waals surface area contributed by atoms with E-state index in [0.717, 1.165) is 17.7 Å². The Bertz CT molecular complexity index is 617. The van der Waals surface area contributed by atoms with Crippen LogP contribution in [0, 0.1) is 0 Å². The van der Waals surface area contributed by atoms with Crippen molar-refractivity contribution in [2.75, 3.05) is 24.3 Å². The molecule has 1 N–H and O–H groups in total. The van der Waals surface area contributed by atoms with Crippen LogP contribution in [0.3, 0.4) is 0 Å². The zero-order valence-corrected chi connectivity index (χ0v) is 12.1. The van der Waals surface area contributed by atoms with Gasteiger partial charge in [-0.15, -0.1) is 0 Å². The fourth-order valence-corrected chi connectivity index (χ4v) is 2.08. The molecule has 1 heterocycles. The molecule has 2 rings (SSSR count). The molecular weight excluding hydrogens is 281 g/mol. The number of imidazole rings is 1. The molecule has 0 aliphatic carbocycles. The number of nitrogens with one attached hydrogen (secondary N) is 1. The van der Waals surface area contributed by atoms with Gasteiger partial charge in [0.1, 0.15) is 0 Å². The van der Waals surface area contributed by atoms with Crippen LogP contribution in [0.1, 0.15) is 11.3 Å². The van der Waals surface area contributed by atoms with Gasteiger partial charge in [0.2, 0.25) is 5.95 Å². The molecule has 0 unspecified atom stereocenters. The number of aromatic nitrogens is 2. The summed E-state index contributed by atoms with van der Waals surface area (Å²) in [6.07, 6.45) is -2.72. The standard InChI is InChI=1S/C14H17F3N4/c1-20(2)13-19-9-10(21(13)3)8-18-12-7-5-4-6-11(12)14(15,16)17/h4-7,9,18H,8H2,1-3H3. The third-order valence-corrected chi connectivity index (χ3v) is 3.15. The first kappa shape index (κ1) is 15.2. The average molecular weight is 298 g/mol. The molecule has 0 fully saturated rings. The SMILES string of the molecule is CN(C)c1ncc(CNc2ccccc2C(F)(F)F)n1C. The Morgan fingerprint density at radius 1 is 1.24 bits per heavy atom. The lowest BCUT2D eigenvalue weighted by molar-refractivity contribution is -0.136. The first-order valence-corrected chi connectivity index (χ1v) is 6.38. The molecule has 0 radical (unpaired) electrons. The number of benzene rings is 1. The summed E-state index contributed by atoms with van der Waals surface area (Å²) in [6, 6.07) is 5.44. The highest BCUT2D eigenvalue weighted by molar-refractivity contribution is 5.52. The zero-order valence-electron chi connectivity index (χ0n) is 12.1. The maximum atomic E-state index is 12.9. The first-order chi connectivity index (χ1) is 9.80. The molecule has 0 bridgehead atoms. The fourth-order valence-electron chi connectivity index (χ4n) is 2.08. The first-order valence-electron chi connectivity index (χ1n) is 6.38. The smallest absolute Gasteiger partial charge is 0.379 e. The van der Waals surface area contributed by atoms with E-state index in [0.29, 0.717) is 0 Å². The predicted molar refractivity (Wildman–Crippen MR) is 76.3 cm³/mol. The van der Waals surface area contributed by atoms with Crippen molar-refractivity contribution in [3.63, 3.8) is 0 Å². The molecule has 0 spiro atoms. The van der Waals surface area contributed by atoms with Crippen molar-refractivity contribution in [2.24, 2.45) is 7.05 Å². The van der Waals surface area contributed by atoms with Crippen molar-refractivity contribution in [3.05, 3.63) is 41.7 Å². The van der Waals surface area contributed by atoms with E-state index in [2.05, 4.69) is 10.3 Å². The van der Waals surface area contributed by atoms with Gasteiger partial charge in [0.05, 0.1) is 24.0 Å². The molecule has 0 aliphatic heterocycles. The Morgan fingerprint density at radius 3 is 2.48 bits per heavy atom. The van der Waals surface area contributed by atoms with Gasteiger partial charge < -0.3 is 14.8 Å². The van der Waals surface area contributed by atoms with Crippen LogP contribution < -0.4 is 10.2 Å². The second kappa shape index (κ2) is 5.67. The summed E-state index contributed by atoms with van der Waals surface area (Å²) < 4.78 is 40.5. The highest BCUT2D eigenvalue weighted by atomic mass is 19.4. The molecule has 114 valence electrons. The topological polar surface area (TPSA) is 33.1 Å². The average Bonchev–Trinajstić information content (AvgIpc) is 2.77. The monoisotopic (exact) mass is 298 g/mol. The predicted octanol–water partition coefficient (Wildman–Crippen LogP) is 3.12. The van der Waals surface area contributed by atoms with E-state index in [1.54, 1.807) is 12.3 Å². The minimum absolute atomic E-state index is 0.0672. The Labute approximate surface area is 121 Å². The maximum absolute atomic E-state index is 12.9. The molecule has 2 aromatic rings. The second-order valence-electron chi connectivity index (χ2n) is 4.90. The van der Waals surface area contributed by atoms with Crippen LogP contribution in [0.25, 0.3) is 0 Å². The summed E-state index contributed by atoms with van der Waals surface area (Å²) >= 11 is 0. The molecule has 4 nitrogen and oxygen atoms in total. The summed E-state index contributed by atoms with van der Waals surface area (Å²) in [5, 5.41) is 2.83. The highest BCUT2D eigenvalue weighted by Gasteiger charge is 2.33. The van der Waals surface area contributed by atoms with Gasteiger partial charge in [0.25, 0.3) is 0 Å². The Balaban J connectivity index is 2.18. The third kappa shape index (κ3) is 3.29. The van der Waals surface area contributed by atoms with Gasteiger partial charge in [-0.3, -0.25) is 0 Å². The van der Waals surface area contributed by atoms with Crippen LogP contribution in [-0.4, -0.2) is 23.6 Å². The van der Waals surface area contributed by atoms with Crippen molar-refractivity contribution >= 4 is 11.6 Å². The summed E-state index contributed by atoms with van der Waals surface area (Å²) in [7, 11) is 5.55. The third-order valence-electron chi connectivity index (χ3n) is 3.15. The van der Waals surface area contributed by atoms with E-state index in [-0.39, 0.29) is 12.2 Å². The molecular formula is C14H17F3N4. The number of halogens is 3.